The van der Waals surface area contributed by atoms with Gasteiger partial charge in [0.1, 0.15) is 5.75 Å². The largest absolute Gasteiger partial charge is 0.507 e. The normalized spacial score (nSPS) is 11.6. The fraction of sp³-hybridized carbons (Fsp3) is 0.684. The van der Waals surface area contributed by atoms with E-state index < -0.39 is 0 Å². The minimum atomic E-state index is 0.548. The van der Waals surface area contributed by atoms with Crippen molar-refractivity contribution < 1.29 is 5.11 Å². The molecule has 20 heavy (non-hydrogen) atoms. The Morgan fingerprint density at radius 1 is 0.900 bits per heavy atom. The molecule has 0 unspecified atom stereocenters. The van der Waals surface area contributed by atoms with Gasteiger partial charge in [-0.1, -0.05) is 59.6 Å². The highest BCUT2D eigenvalue weighted by Gasteiger charge is 2.12. The molecule has 0 heterocycles. The van der Waals surface area contributed by atoms with Crippen LogP contribution in [0.1, 0.15) is 70.6 Å². The van der Waals surface area contributed by atoms with Gasteiger partial charge in [-0.05, 0) is 54.2 Å². The minimum Gasteiger partial charge on any atom is -0.507 e. The Bertz CT molecular complexity index is 373. The summed E-state index contributed by atoms with van der Waals surface area (Å²) in [6.07, 6.45) is 6.89. The van der Waals surface area contributed by atoms with E-state index in [1.165, 1.54) is 24.8 Å². The van der Waals surface area contributed by atoms with Crippen molar-refractivity contribution in [2.24, 2.45) is 11.8 Å². The topological polar surface area (TPSA) is 20.2 Å². The number of phenols is 1. The van der Waals surface area contributed by atoms with E-state index in [2.05, 4.69) is 46.8 Å². The van der Waals surface area contributed by atoms with Gasteiger partial charge >= 0.3 is 0 Å². The lowest BCUT2D eigenvalue weighted by molar-refractivity contribution is 0.450. The Kier molecular flexibility index (Phi) is 7.12. The van der Waals surface area contributed by atoms with Gasteiger partial charge in [0.05, 0.1) is 0 Å². The average Bonchev–Trinajstić information content (AvgIpc) is 2.34. The standard InChI is InChI=1S/C19H32O/c1-6-7-8-9-16-12-17(10-14(2)3)19(20)18(13-16)11-15(4)5/h12-15,20H,6-11H2,1-5H3. The third-order valence-electron chi connectivity index (χ3n) is 3.65. The molecule has 0 saturated heterocycles. The van der Waals surface area contributed by atoms with Gasteiger partial charge in [-0.15, -0.1) is 0 Å². The molecule has 0 fully saturated rings. The number of aryl methyl sites for hydroxylation is 1. The minimum absolute atomic E-state index is 0.548. The van der Waals surface area contributed by atoms with Crippen LogP contribution in [0.25, 0.3) is 0 Å². The monoisotopic (exact) mass is 276 g/mol. The van der Waals surface area contributed by atoms with Crippen molar-refractivity contribution in [1.82, 2.24) is 0 Å². The summed E-state index contributed by atoms with van der Waals surface area (Å²) >= 11 is 0. The molecular formula is C19H32O. The molecule has 114 valence electrons. The average molecular weight is 276 g/mol. The van der Waals surface area contributed by atoms with Crippen LogP contribution in [0.2, 0.25) is 0 Å². The lowest BCUT2D eigenvalue weighted by Crippen LogP contribution is -2.02. The molecule has 1 heteroatoms. The first-order valence-corrected chi connectivity index (χ1v) is 8.27. The van der Waals surface area contributed by atoms with E-state index >= 15 is 0 Å². The number of phenolic OH excluding ortho intramolecular Hbond substituents is 1. The van der Waals surface area contributed by atoms with Gasteiger partial charge in [-0.25, -0.2) is 0 Å². The molecule has 1 aromatic rings. The van der Waals surface area contributed by atoms with Gasteiger partial charge in [0.25, 0.3) is 0 Å². The first-order chi connectivity index (χ1) is 9.43. The van der Waals surface area contributed by atoms with Crippen LogP contribution in [0.3, 0.4) is 0 Å². The van der Waals surface area contributed by atoms with Crippen molar-refractivity contribution in [2.75, 3.05) is 0 Å². The van der Waals surface area contributed by atoms with Crippen LogP contribution in [0.5, 0.6) is 5.75 Å². The molecule has 1 nitrogen and oxygen atoms in total. The molecule has 1 aromatic carbocycles. The number of benzene rings is 1. The maximum atomic E-state index is 10.5. The summed E-state index contributed by atoms with van der Waals surface area (Å²) in [4.78, 5) is 0. The van der Waals surface area contributed by atoms with Crippen molar-refractivity contribution in [3.8, 4) is 5.75 Å². The van der Waals surface area contributed by atoms with Crippen molar-refractivity contribution in [1.29, 1.82) is 0 Å². The molecule has 0 bridgehead atoms. The van der Waals surface area contributed by atoms with Crippen LogP contribution >= 0.6 is 0 Å². The van der Waals surface area contributed by atoms with Gasteiger partial charge < -0.3 is 5.11 Å². The van der Waals surface area contributed by atoms with E-state index in [0.717, 1.165) is 30.4 Å². The second-order valence-corrected chi connectivity index (χ2v) is 6.92. The molecule has 0 atom stereocenters. The SMILES string of the molecule is CCCCCc1cc(CC(C)C)c(O)c(CC(C)C)c1. The summed E-state index contributed by atoms with van der Waals surface area (Å²) < 4.78 is 0. The maximum Gasteiger partial charge on any atom is 0.121 e. The quantitative estimate of drug-likeness (QED) is 0.620. The Labute approximate surface area is 125 Å². The summed E-state index contributed by atoms with van der Waals surface area (Å²) in [7, 11) is 0. The van der Waals surface area contributed by atoms with Gasteiger partial charge in [-0.3, -0.25) is 0 Å². The molecule has 1 rings (SSSR count). The highest BCUT2D eigenvalue weighted by Crippen LogP contribution is 2.29. The van der Waals surface area contributed by atoms with E-state index in [9.17, 15) is 5.11 Å². The van der Waals surface area contributed by atoms with Crippen LogP contribution in [-0.2, 0) is 19.3 Å². The zero-order chi connectivity index (χ0) is 15.1. The molecule has 0 aliphatic rings. The zero-order valence-electron chi connectivity index (χ0n) is 14.0. The third kappa shape index (κ3) is 5.56. The Hall–Kier alpha value is -0.980. The van der Waals surface area contributed by atoms with Crippen LogP contribution in [0.15, 0.2) is 12.1 Å². The molecule has 0 aliphatic carbocycles. The maximum absolute atomic E-state index is 10.5. The smallest absolute Gasteiger partial charge is 0.121 e. The van der Waals surface area contributed by atoms with Crippen molar-refractivity contribution in [3.05, 3.63) is 28.8 Å². The predicted molar refractivity (Wildman–Crippen MR) is 88.4 cm³/mol. The molecule has 0 aliphatic heterocycles. The van der Waals surface area contributed by atoms with Crippen molar-refractivity contribution >= 4 is 0 Å². The molecular weight excluding hydrogens is 244 g/mol. The second kappa shape index (κ2) is 8.34. The molecule has 0 aromatic heterocycles. The lowest BCUT2D eigenvalue weighted by Gasteiger charge is -2.16. The van der Waals surface area contributed by atoms with E-state index in [1.807, 2.05) is 0 Å². The summed E-state index contributed by atoms with van der Waals surface area (Å²) in [5, 5.41) is 10.5. The fourth-order valence-electron chi connectivity index (χ4n) is 2.75. The Balaban J connectivity index is 2.99. The molecule has 0 saturated carbocycles. The number of rotatable bonds is 8. The molecule has 0 spiro atoms. The molecule has 0 radical (unpaired) electrons. The summed E-state index contributed by atoms with van der Waals surface area (Å²) in [6, 6.07) is 4.46. The first kappa shape index (κ1) is 17.1. The van der Waals surface area contributed by atoms with E-state index in [-0.39, 0.29) is 0 Å². The van der Waals surface area contributed by atoms with Gasteiger partial charge in [-0.2, -0.15) is 0 Å². The zero-order valence-corrected chi connectivity index (χ0v) is 14.0. The predicted octanol–water partition coefficient (Wildman–Crippen LogP) is 5.52. The van der Waals surface area contributed by atoms with Crippen LogP contribution < -0.4 is 0 Å². The Morgan fingerprint density at radius 2 is 1.40 bits per heavy atom. The molecule has 0 amide bonds. The van der Waals surface area contributed by atoms with Crippen LogP contribution in [0, 0.1) is 11.8 Å². The van der Waals surface area contributed by atoms with E-state index in [1.54, 1.807) is 0 Å². The number of aromatic hydroxyl groups is 1. The van der Waals surface area contributed by atoms with E-state index in [4.69, 9.17) is 0 Å². The third-order valence-corrected chi connectivity index (χ3v) is 3.65. The number of hydrogen-bond donors (Lipinski definition) is 1. The number of unbranched alkanes of at least 4 members (excludes halogenated alkanes) is 2. The summed E-state index contributed by atoms with van der Waals surface area (Å²) in [6.45, 7) is 11.1. The summed E-state index contributed by atoms with van der Waals surface area (Å²) in [5.41, 5.74) is 3.69. The highest BCUT2D eigenvalue weighted by atomic mass is 16.3. The number of hydrogen-bond acceptors (Lipinski definition) is 1. The van der Waals surface area contributed by atoms with Gasteiger partial charge in [0, 0.05) is 0 Å². The van der Waals surface area contributed by atoms with Crippen LogP contribution in [0.4, 0.5) is 0 Å². The van der Waals surface area contributed by atoms with Crippen molar-refractivity contribution in [2.45, 2.75) is 73.1 Å². The van der Waals surface area contributed by atoms with Gasteiger partial charge in [0.2, 0.25) is 0 Å². The molecule has 1 N–H and O–H groups in total. The van der Waals surface area contributed by atoms with Crippen LogP contribution in [-0.4, -0.2) is 5.11 Å². The Morgan fingerprint density at radius 3 is 1.80 bits per heavy atom. The lowest BCUT2D eigenvalue weighted by atomic mass is 9.92. The first-order valence-electron chi connectivity index (χ1n) is 8.27. The van der Waals surface area contributed by atoms with Crippen molar-refractivity contribution in [3.63, 3.8) is 0 Å². The van der Waals surface area contributed by atoms with Gasteiger partial charge in [0.15, 0.2) is 0 Å². The second-order valence-electron chi connectivity index (χ2n) is 6.92. The van der Waals surface area contributed by atoms with E-state index in [0.29, 0.717) is 17.6 Å². The highest BCUT2D eigenvalue weighted by molar-refractivity contribution is 5.44. The fourth-order valence-corrected chi connectivity index (χ4v) is 2.75. The summed E-state index contributed by atoms with van der Waals surface area (Å²) in [5.74, 6) is 1.71.